The van der Waals surface area contributed by atoms with Crippen molar-refractivity contribution in [3.05, 3.63) is 33.1 Å². The Bertz CT molecular complexity index is 977. The molecule has 2 heterocycles. The Balaban J connectivity index is 2.48. The lowest BCUT2D eigenvalue weighted by Gasteiger charge is -2.19. The number of fused-ring (bicyclic) bond motifs is 1. The highest BCUT2D eigenvalue weighted by molar-refractivity contribution is 7.89. The first-order chi connectivity index (χ1) is 10.6. The monoisotopic (exact) mass is 342 g/mol. The molecule has 11 heteroatoms. The summed E-state index contributed by atoms with van der Waals surface area (Å²) in [4.78, 5) is 41.4. The summed E-state index contributed by atoms with van der Waals surface area (Å²) in [6.07, 6.45) is 0.995. The summed E-state index contributed by atoms with van der Waals surface area (Å²) in [7, 11) is -2.79. The first-order valence-electron chi connectivity index (χ1n) is 6.44. The van der Waals surface area contributed by atoms with Gasteiger partial charge in [0.25, 0.3) is 5.56 Å². The highest BCUT2D eigenvalue weighted by Crippen LogP contribution is 2.17. The van der Waals surface area contributed by atoms with Gasteiger partial charge < -0.3 is 5.11 Å². The van der Waals surface area contributed by atoms with Gasteiger partial charge in [0.1, 0.15) is 10.5 Å². The fourth-order valence-corrected chi connectivity index (χ4v) is 3.14. The van der Waals surface area contributed by atoms with E-state index in [2.05, 4.69) is 9.97 Å². The average Bonchev–Trinajstić information content (AvgIpc) is 2.46. The van der Waals surface area contributed by atoms with E-state index in [1.54, 1.807) is 0 Å². The zero-order valence-corrected chi connectivity index (χ0v) is 13.0. The first kappa shape index (κ1) is 16.8. The molecular formula is C12H14N4O6S. The van der Waals surface area contributed by atoms with E-state index >= 15 is 0 Å². The molecular weight excluding hydrogens is 328 g/mol. The van der Waals surface area contributed by atoms with Crippen LogP contribution in [-0.2, 0) is 14.8 Å². The summed E-state index contributed by atoms with van der Waals surface area (Å²) in [5.41, 5.74) is -1.56. The third-order valence-electron chi connectivity index (χ3n) is 3.23. The van der Waals surface area contributed by atoms with Gasteiger partial charge in [0.2, 0.25) is 10.0 Å². The molecule has 0 saturated carbocycles. The number of carboxylic acid groups (broad SMARTS) is 1. The van der Waals surface area contributed by atoms with Crippen molar-refractivity contribution in [3.63, 3.8) is 0 Å². The van der Waals surface area contributed by atoms with E-state index < -0.39 is 33.2 Å². The van der Waals surface area contributed by atoms with Crippen molar-refractivity contribution >= 4 is 27.0 Å². The normalized spacial score (nSPS) is 13.3. The van der Waals surface area contributed by atoms with Gasteiger partial charge in [0.05, 0.1) is 11.3 Å². The minimum Gasteiger partial charge on any atom is -0.481 e. The van der Waals surface area contributed by atoms with E-state index in [-0.39, 0.29) is 22.5 Å². The predicted molar refractivity (Wildman–Crippen MR) is 79.6 cm³/mol. The molecule has 1 atom stereocenters. The number of aliphatic carboxylic acids is 1. The van der Waals surface area contributed by atoms with E-state index in [4.69, 9.17) is 5.11 Å². The molecule has 2 aromatic rings. The fraction of sp³-hybridized carbons (Fsp3) is 0.333. The van der Waals surface area contributed by atoms with Gasteiger partial charge in [-0.1, -0.05) is 6.92 Å². The van der Waals surface area contributed by atoms with Gasteiger partial charge in [0, 0.05) is 19.8 Å². The summed E-state index contributed by atoms with van der Waals surface area (Å²) in [6, 6.07) is 1.08. The van der Waals surface area contributed by atoms with Crippen LogP contribution >= 0.6 is 0 Å². The molecule has 0 aliphatic rings. The third-order valence-corrected chi connectivity index (χ3v) is 5.02. The number of H-pyrrole nitrogens is 2. The van der Waals surface area contributed by atoms with Gasteiger partial charge >= 0.3 is 11.7 Å². The maximum absolute atomic E-state index is 12.4. The average molecular weight is 342 g/mol. The molecule has 0 fully saturated rings. The molecule has 3 N–H and O–H groups in total. The number of carbonyl (C=O) groups is 1. The van der Waals surface area contributed by atoms with E-state index in [9.17, 15) is 22.8 Å². The second kappa shape index (κ2) is 5.93. The van der Waals surface area contributed by atoms with Crippen molar-refractivity contribution < 1.29 is 18.3 Å². The summed E-state index contributed by atoms with van der Waals surface area (Å²) in [5, 5.41) is 8.77. The van der Waals surface area contributed by atoms with Crippen molar-refractivity contribution in [2.45, 2.75) is 11.8 Å². The van der Waals surface area contributed by atoms with E-state index in [0.717, 1.165) is 16.6 Å². The minimum atomic E-state index is -4.02. The molecule has 1 unspecified atom stereocenters. The minimum absolute atomic E-state index is 0.0424. The predicted octanol–water partition coefficient (Wildman–Crippen LogP) is -1.05. The van der Waals surface area contributed by atoms with Gasteiger partial charge in [-0.3, -0.25) is 19.6 Å². The number of nitrogens with one attached hydrogen (secondary N) is 2. The molecule has 2 rings (SSSR count). The summed E-state index contributed by atoms with van der Waals surface area (Å²) in [6.45, 7) is 1.14. The van der Waals surface area contributed by atoms with Crippen molar-refractivity contribution in [2.75, 3.05) is 13.6 Å². The molecule has 2 aromatic heterocycles. The summed E-state index contributed by atoms with van der Waals surface area (Å²) >= 11 is 0. The Morgan fingerprint density at radius 1 is 1.39 bits per heavy atom. The molecule has 0 amide bonds. The number of hydrogen-bond donors (Lipinski definition) is 3. The van der Waals surface area contributed by atoms with Crippen LogP contribution in [-0.4, -0.2) is 52.3 Å². The molecule has 0 radical (unpaired) electrons. The van der Waals surface area contributed by atoms with Crippen LogP contribution in [0.1, 0.15) is 6.92 Å². The number of rotatable bonds is 5. The molecule has 124 valence electrons. The van der Waals surface area contributed by atoms with Crippen LogP contribution in [0.15, 0.2) is 26.7 Å². The zero-order chi connectivity index (χ0) is 17.4. The Hall–Kier alpha value is -2.53. The summed E-state index contributed by atoms with van der Waals surface area (Å²) < 4.78 is 25.7. The quantitative estimate of drug-likeness (QED) is 0.626. The Morgan fingerprint density at radius 3 is 2.65 bits per heavy atom. The highest BCUT2D eigenvalue weighted by atomic mass is 32.2. The van der Waals surface area contributed by atoms with Gasteiger partial charge in [-0.2, -0.15) is 0 Å². The largest absolute Gasteiger partial charge is 0.481 e. The van der Waals surface area contributed by atoms with Crippen LogP contribution in [0.5, 0.6) is 0 Å². The number of hydrogen-bond acceptors (Lipinski definition) is 6. The van der Waals surface area contributed by atoms with Crippen LogP contribution in [0, 0.1) is 5.92 Å². The van der Waals surface area contributed by atoms with Gasteiger partial charge in [0.15, 0.2) is 0 Å². The number of sulfonamides is 1. The van der Waals surface area contributed by atoms with Crippen LogP contribution in [0.3, 0.4) is 0 Å². The molecule has 23 heavy (non-hydrogen) atoms. The smallest absolute Gasteiger partial charge is 0.327 e. The number of aromatic amines is 2. The lowest BCUT2D eigenvalue weighted by Crippen LogP contribution is -2.34. The molecule has 0 aromatic carbocycles. The Labute approximate surface area is 129 Å². The maximum atomic E-state index is 12.4. The fourth-order valence-electron chi connectivity index (χ4n) is 1.91. The summed E-state index contributed by atoms with van der Waals surface area (Å²) in [5.74, 6) is -2.03. The standard InChI is InChI=1S/C12H14N4O6S/c1-6(11(18)19)5-16(2)23(21,22)7-3-8-9(13-4-7)14-12(20)15-10(8)17/h3-4,6H,5H2,1-2H3,(H,18,19)(H2,13,14,15,17,20). The van der Waals surface area contributed by atoms with Crippen LogP contribution < -0.4 is 11.2 Å². The number of carboxylic acids is 1. The van der Waals surface area contributed by atoms with Gasteiger partial charge in [-0.25, -0.2) is 22.5 Å². The van der Waals surface area contributed by atoms with Crippen molar-refractivity contribution in [3.8, 4) is 0 Å². The van der Waals surface area contributed by atoms with Crippen molar-refractivity contribution in [1.29, 1.82) is 0 Å². The molecule has 10 nitrogen and oxygen atoms in total. The maximum Gasteiger partial charge on any atom is 0.327 e. The van der Waals surface area contributed by atoms with Crippen molar-refractivity contribution in [1.82, 2.24) is 19.3 Å². The SMILES string of the molecule is CC(CN(C)S(=O)(=O)c1cnc2[nH]c(=O)[nH]c(=O)c2c1)C(=O)O. The highest BCUT2D eigenvalue weighted by Gasteiger charge is 2.25. The Morgan fingerprint density at radius 2 is 2.04 bits per heavy atom. The van der Waals surface area contributed by atoms with Gasteiger partial charge in [-0.05, 0) is 6.07 Å². The van der Waals surface area contributed by atoms with E-state index in [1.807, 2.05) is 4.98 Å². The zero-order valence-electron chi connectivity index (χ0n) is 12.2. The van der Waals surface area contributed by atoms with Crippen molar-refractivity contribution in [2.24, 2.45) is 5.92 Å². The second-order valence-electron chi connectivity index (χ2n) is 5.00. The third kappa shape index (κ3) is 3.29. The second-order valence-corrected chi connectivity index (χ2v) is 7.05. The van der Waals surface area contributed by atoms with Crippen LogP contribution in [0.25, 0.3) is 11.0 Å². The topological polar surface area (TPSA) is 153 Å². The molecule has 0 aliphatic carbocycles. The molecule has 0 saturated heterocycles. The number of pyridine rings is 1. The molecule has 0 spiro atoms. The lowest BCUT2D eigenvalue weighted by molar-refractivity contribution is -0.141. The van der Waals surface area contributed by atoms with Crippen LogP contribution in [0.2, 0.25) is 0 Å². The van der Waals surface area contributed by atoms with Gasteiger partial charge in [-0.15, -0.1) is 0 Å². The number of aromatic nitrogens is 3. The van der Waals surface area contributed by atoms with Crippen LogP contribution in [0.4, 0.5) is 0 Å². The molecule has 0 aliphatic heterocycles. The Kier molecular flexibility index (Phi) is 4.34. The first-order valence-corrected chi connectivity index (χ1v) is 7.88. The van der Waals surface area contributed by atoms with E-state index in [1.165, 1.54) is 14.0 Å². The van der Waals surface area contributed by atoms with E-state index in [0.29, 0.717) is 0 Å². The number of nitrogens with zero attached hydrogens (tertiary/aromatic N) is 2. The molecule has 0 bridgehead atoms. The lowest BCUT2D eigenvalue weighted by atomic mass is 10.2.